The molecule has 11 nitrogen and oxygen atoms in total. The molecule has 0 bridgehead atoms. The van der Waals surface area contributed by atoms with E-state index < -0.39 is 15.9 Å². The summed E-state index contributed by atoms with van der Waals surface area (Å²) in [5, 5.41) is 29.2. The number of rotatable bonds is 12. The number of hydrogen-bond donors (Lipinski definition) is 2. The number of halogens is 1. The molecule has 41 heavy (non-hydrogen) atoms. The number of sulfonamides is 1. The number of amides is 1. The topological polar surface area (TPSA) is 154 Å². The lowest BCUT2D eigenvalue weighted by molar-refractivity contribution is -0.641. The molecule has 1 saturated heterocycles. The lowest BCUT2D eigenvalue weighted by atomic mass is 10.2. The van der Waals surface area contributed by atoms with Gasteiger partial charge in [0.15, 0.2) is 0 Å². The molecule has 1 fully saturated rings. The Bertz CT molecular complexity index is 1500. The number of hydrogen-bond acceptors (Lipinski definition) is 8. The van der Waals surface area contributed by atoms with Crippen molar-refractivity contribution in [2.45, 2.75) is 18.6 Å². The van der Waals surface area contributed by atoms with Crippen LogP contribution < -0.4 is 9.88 Å². The monoisotopic (exact) mass is 593 g/mol. The van der Waals surface area contributed by atoms with E-state index in [1.807, 2.05) is 0 Å². The first-order valence-electron chi connectivity index (χ1n) is 12.5. The van der Waals surface area contributed by atoms with Gasteiger partial charge in [-0.3, -0.25) is 4.79 Å². The number of carbonyl (C=O) groups excluding carboxylic acids is 1. The van der Waals surface area contributed by atoms with E-state index in [0.29, 0.717) is 29.1 Å². The van der Waals surface area contributed by atoms with Gasteiger partial charge in [0.1, 0.15) is 17.8 Å². The number of allylic oxidation sites excluding steroid dienone is 1. The molecule has 1 aromatic heterocycles. The average Bonchev–Trinajstić information content (AvgIpc) is 2.96. The Kier molecular flexibility index (Phi) is 11.1. The quantitative estimate of drug-likeness (QED) is 0.0728. The predicted octanol–water partition coefficient (Wildman–Crippen LogP) is 2.43. The van der Waals surface area contributed by atoms with Gasteiger partial charge in [-0.1, -0.05) is 29.8 Å². The van der Waals surface area contributed by atoms with Gasteiger partial charge in [0, 0.05) is 49.5 Å². The Morgan fingerprint density at radius 2 is 1.88 bits per heavy atom. The van der Waals surface area contributed by atoms with Crippen LogP contribution in [0.1, 0.15) is 18.4 Å². The second-order valence-electron chi connectivity index (χ2n) is 8.81. The first-order valence-corrected chi connectivity index (χ1v) is 14.5. The Morgan fingerprint density at radius 1 is 1.20 bits per heavy atom. The number of terminal acetylenes is 1. The Hall–Kier alpha value is -4.54. The van der Waals surface area contributed by atoms with Crippen LogP contribution in [0.2, 0.25) is 5.02 Å². The molecular formula is C28H28ClN7O4S. The molecule has 0 unspecified atom stereocenters. The van der Waals surface area contributed by atoms with Crippen LogP contribution in [0.25, 0.3) is 0 Å². The minimum Gasteiger partial charge on any atom is -0.486 e. The molecule has 2 N–H and O–H groups in total. The number of carbonyl (C=O) groups is 1. The molecule has 13 heteroatoms. The Balaban J connectivity index is 1.73. The zero-order chi connectivity index (χ0) is 29.8. The maximum atomic E-state index is 13.2. The van der Waals surface area contributed by atoms with Gasteiger partial charge >= 0.3 is 0 Å². The fraction of sp³-hybridized carbons (Fsp3) is 0.286. The van der Waals surface area contributed by atoms with E-state index >= 15 is 0 Å². The smallest absolute Gasteiger partial charge is 0.293 e. The van der Waals surface area contributed by atoms with E-state index in [1.54, 1.807) is 53.4 Å². The largest absolute Gasteiger partial charge is 0.486 e. The molecule has 1 aliphatic rings. The fourth-order valence-corrected chi connectivity index (χ4v) is 5.72. The first kappa shape index (κ1) is 31.0. The van der Waals surface area contributed by atoms with Gasteiger partial charge < -0.3 is 24.9 Å². The third-order valence-electron chi connectivity index (χ3n) is 6.06. The summed E-state index contributed by atoms with van der Waals surface area (Å²) in [4.78, 5) is 14.9. The Labute approximate surface area is 244 Å². The summed E-state index contributed by atoms with van der Waals surface area (Å²) in [6.45, 7) is 0.876. The molecule has 1 aromatic carbocycles. The van der Waals surface area contributed by atoms with Crippen LogP contribution in [-0.2, 0) is 25.3 Å². The van der Waals surface area contributed by atoms with Crippen LogP contribution in [0.3, 0.4) is 0 Å². The number of pyridine rings is 1. The normalized spacial score (nSPS) is 14.0. The number of aromatic nitrogens is 1. The van der Waals surface area contributed by atoms with E-state index in [1.165, 1.54) is 21.3 Å². The number of nitrogens with one attached hydrogen (secondary N) is 2. The van der Waals surface area contributed by atoms with E-state index in [-0.39, 0.29) is 56.0 Å². The van der Waals surface area contributed by atoms with Crippen LogP contribution in [-0.4, -0.2) is 62.5 Å². The van der Waals surface area contributed by atoms with Crippen LogP contribution in [0.5, 0.6) is 0 Å². The van der Waals surface area contributed by atoms with Gasteiger partial charge in [-0.05, 0) is 30.2 Å². The van der Waals surface area contributed by atoms with E-state index in [9.17, 15) is 13.2 Å². The van der Waals surface area contributed by atoms with E-state index in [4.69, 9.17) is 38.7 Å². The molecular weight excluding hydrogens is 566 g/mol. The molecule has 212 valence electrons. The molecule has 3 rings (SSSR count). The molecule has 0 atom stereocenters. The predicted molar refractivity (Wildman–Crippen MR) is 152 cm³/mol. The van der Waals surface area contributed by atoms with Crippen molar-refractivity contribution in [3.8, 4) is 24.5 Å². The summed E-state index contributed by atoms with van der Waals surface area (Å²) in [5.41, 5.74) is 1.17. The highest BCUT2D eigenvalue weighted by atomic mass is 35.5. The molecule has 1 amide bonds. The maximum Gasteiger partial charge on any atom is 0.293 e. The zero-order valence-corrected chi connectivity index (χ0v) is 23.7. The summed E-state index contributed by atoms with van der Waals surface area (Å²) in [5.74, 6) is 1.61. The fourth-order valence-electron chi connectivity index (χ4n) is 4.01. The van der Waals surface area contributed by atoms with Crippen molar-refractivity contribution < 1.29 is 22.5 Å². The summed E-state index contributed by atoms with van der Waals surface area (Å²) >= 11 is 6.03. The molecule has 2 heterocycles. The lowest BCUT2D eigenvalue weighted by Gasteiger charge is -2.36. The van der Waals surface area contributed by atoms with E-state index in [2.05, 4.69) is 11.2 Å². The third kappa shape index (κ3) is 8.47. The minimum atomic E-state index is -3.69. The third-order valence-corrected chi connectivity index (χ3v) is 8.15. The summed E-state index contributed by atoms with van der Waals surface area (Å²) in [6.07, 6.45) is 10.2. The van der Waals surface area contributed by atoms with Gasteiger partial charge in [-0.15, -0.1) is 12.3 Å². The number of ether oxygens (including phenoxy) is 1. The molecule has 0 spiro atoms. The van der Waals surface area contributed by atoms with Crippen molar-refractivity contribution in [3.05, 3.63) is 76.9 Å². The summed E-state index contributed by atoms with van der Waals surface area (Å²) in [7, 11) is -3.69. The van der Waals surface area contributed by atoms with Crippen molar-refractivity contribution in [3.63, 3.8) is 0 Å². The maximum absolute atomic E-state index is 13.2. The van der Waals surface area contributed by atoms with Gasteiger partial charge in [0.05, 0.1) is 24.8 Å². The van der Waals surface area contributed by atoms with Crippen LogP contribution in [0, 0.1) is 46.5 Å². The van der Waals surface area contributed by atoms with Crippen molar-refractivity contribution >= 4 is 39.4 Å². The highest BCUT2D eigenvalue weighted by molar-refractivity contribution is 7.88. The number of benzene rings is 1. The molecule has 2 aromatic rings. The summed E-state index contributed by atoms with van der Waals surface area (Å²) < 4.78 is 34.7. The summed E-state index contributed by atoms with van der Waals surface area (Å²) in [6, 6.07) is 13.1. The molecule has 0 saturated carbocycles. The van der Waals surface area contributed by atoms with Crippen molar-refractivity contribution in [2.24, 2.45) is 0 Å². The minimum absolute atomic E-state index is 0.0724. The highest BCUT2D eigenvalue weighted by Gasteiger charge is 2.30. The lowest BCUT2D eigenvalue weighted by Crippen LogP contribution is -2.49. The number of anilines is 1. The highest BCUT2D eigenvalue weighted by Crippen LogP contribution is 2.21. The molecule has 0 radical (unpaired) electrons. The zero-order valence-electron chi connectivity index (χ0n) is 22.1. The second kappa shape index (κ2) is 14.7. The second-order valence-corrected chi connectivity index (χ2v) is 11.2. The molecule has 1 aliphatic heterocycles. The number of nitrogens with zero attached hydrogens (tertiary/aromatic N) is 5. The first-order chi connectivity index (χ1) is 19.7. The van der Waals surface area contributed by atoms with E-state index in [0.717, 1.165) is 6.21 Å². The van der Waals surface area contributed by atoms with Crippen molar-refractivity contribution in [2.75, 3.05) is 38.1 Å². The van der Waals surface area contributed by atoms with Crippen LogP contribution >= 0.6 is 11.6 Å². The van der Waals surface area contributed by atoms with Crippen LogP contribution in [0.4, 0.5) is 5.69 Å². The Morgan fingerprint density at radius 3 is 2.46 bits per heavy atom. The number of piperazine rings is 1. The average molecular weight is 594 g/mol. The van der Waals surface area contributed by atoms with Gasteiger partial charge in [-0.25, -0.2) is 18.9 Å². The van der Waals surface area contributed by atoms with Crippen LogP contribution in [0.15, 0.2) is 60.2 Å². The van der Waals surface area contributed by atoms with Gasteiger partial charge in [-0.2, -0.15) is 4.31 Å². The number of unbranched alkanes of at least 4 members (excludes halogenated alkanes) is 1. The number of nitriles is 2. The van der Waals surface area contributed by atoms with Crippen molar-refractivity contribution in [1.82, 2.24) is 9.21 Å². The van der Waals surface area contributed by atoms with Crippen molar-refractivity contribution in [1.29, 1.82) is 15.9 Å². The standard InChI is InChI=1S/C28H28ClN7O4S/c1-2-3-4-16-40-27(28(37)33-24-7-5-6-23(29)17-24)26(20-32)35-12-14-36(15-13-35)41(38,39)21-22-8-10-34(11-9-22)25(18-30)19-31/h1,5-11,17,20,32H,3-4,12-16,21H2,(H,33,37)/b27-26-,32-20?. The SMILES string of the molecule is C#CCCCO/C(C(=O)Nc1cccc(Cl)c1)=C(/C=N)N1CCN(S(=O)(=O)Cc2cc[n+]([C-](C#N)C#N)cc2)CC1. The molecule has 0 aliphatic carbocycles. The van der Waals surface area contributed by atoms with Gasteiger partial charge in [0.2, 0.25) is 15.8 Å². The van der Waals surface area contributed by atoms with Gasteiger partial charge in [0.25, 0.3) is 11.9 Å².